The SMILES string of the molecule is O=C(NCC1C[C@@H]2CC[C@H]1C2)c1cn(C2COC2Cl)c2ccccc12. The van der Waals surface area contributed by atoms with Crippen LogP contribution in [0, 0.1) is 17.8 Å². The first-order valence-electron chi connectivity index (χ1n) is 9.34. The lowest BCUT2D eigenvalue weighted by Crippen LogP contribution is -2.37. The minimum atomic E-state index is -0.319. The normalized spacial score (nSPS) is 33.6. The minimum absolute atomic E-state index is 0.0316. The van der Waals surface area contributed by atoms with Crippen molar-refractivity contribution in [3.05, 3.63) is 36.0 Å². The van der Waals surface area contributed by atoms with Gasteiger partial charge in [0, 0.05) is 23.6 Å². The second kappa shape index (κ2) is 6.03. The van der Waals surface area contributed by atoms with E-state index in [4.69, 9.17) is 16.3 Å². The highest BCUT2D eigenvalue weighted by molar-refractivity contribution is 6.20. The Kier molecular flexibility index (Phi) is 3.79. The van der Waals surface area contributed by atoms with Crippen molar-refractivity contribution in [3.63, 3.8) is 0 Å². The molecule has 2 heterocycles. The number of nitrogens with zero attached hydrogens (tertiary/aromatic N) is 1. The standard InChI is InChI=1S/C20H23ClN2O2/c21-19-18(11-25-19)23-10-16(15-3-1-2-4-17(15)23)20(24)22-9-14-8-12-5-6-13(14)7-12/h1-4,10,12-14,18-19H,5-9,11H2,(H,22,24)/t12-,13+,14?,18?,19?/m1/s1. The fourth-order valence-electron chi connectivity index (χ4n) is 5.07. The number of carbonyl (C=O) groups is 1. The summed E-state index contributed by atoms with van der Waals surface area (Å²) in [6.07, 6.45) is 7.36. The van der Waals surface area contributed by atoms with Crippen molar-refractivity contribution in [2.24, 2.45) is 17.8 Å². The van der Waals surface area contributed by atoms with E-state index in [2.05, 4.69) is 9.88 Å². The van der Waals surface area contributed by atoms with Gasteiger partial charge < -0.3 is 14.6 Å². The summed E-state index contributed by atoms with van der Waals surface area (Å²) in [4.78, 5) is 12.9. The van der Waals surface area contributed by atoms with Gasteiger partial charge in [0.25, 0.3) is 5.91 Å². The van der Waals surface area contributed by atoms with Crippen molar-refractivity contribution in [3.8, 4) is 0 Å². The molecule has 5 rings (SSSR count). The summed E-state index contributed by atoms with van der Waals surface area (Å²) in [5.41, 5.74) is 1.47. The summed E-state index contributed by atoms with van der Waals surface area (Å²) >= 11 is 6.18. The van der Waals surface area contributed by atoms with Crippen molar-refractivity contribution in [2.45, 2.75) is 37.3 Å². The number of alkyl halides is 1. The average molecular weight is 359 g/mol. The molecule has 2 aliphatic carbocycles. The molecule has 1 aromatic heterocycles. The Balaban J connectivity index is 1.37. The van der Waals surface area contributed by atoms with E-state index in [0.717, 1.165) is 34.8 Å². The molecule has 1 amide bonds. The quantitative estimate of drug-likeness (QED) is 0.841. The number of benzene rings is 1. The third-order valence-corrected chi connectivity index (χ3v) is 6.90. The molecule has 3 aliphatic rings. The summed E-state index contributed by atoms with van der Waals surface area (Å²) in [6.45, 7) is 1.41. The van der Waals surface area contributed by atoms with Crippen molar-refractivity contribution in [1.29, 1.82) is 0 Å². The second-order valence-corrected chi connectivity index (χ2v) is 8.29. The maximum atomic E-state index is 12.9. The van der Waals surface area contributed by atoms with E-state index in [1.807, 2.05) is 30.5 Å². The molecule has 5 heteroatoms. The van der Waals surface area contributed by atoms with Crippen LogP contribution >= 0.6 is 11.6 Å². The molecule has 5 atom stereocenters. The van der Waals surface area contributed by atoms with Gasteiger partial charge >= 0.3 is 0 Å². The molecular formula is C20H23ClN2O2. The molecule has 132 valence electrons. The van der Waals surface area contributed by atoms with E-state index in [9.17, 15) is 4.79 Å². The molecule has 1 aromatic carbocycles. The van der Waals surface area contributed by atoms with Gasteiger partial charge in [0.05, 0.1) is 18.2 Å². The van der Waals surface area contributed by atoms with Crippen LogP contribution in [-0.2, 0) is 4.74 Å². The number of para-hydroxylation sites is 1. The molecule has 3 fully saturated rings. The Bertz CT molecular complexity index is 817. The average Bonchev–Trinajstić information content (AvgIpc) is 3.33. The van der Waals surface area contributed by atoms with Crippen LogP contribution in [0.5, 0.6) is 0 Å². The number of carbonyl (C=O) groups excluding carboxylic acids is 1. The van der Waals surface area contributed by atoms with Crippen molar-refractivity contribution in [2.75, 3.05) is 13.2 Å². The molecular weight excluding hydrogens is 336 g/mol. The predicted molar refractivity (Wildman–Crippen MR) is 97.8 cm³/mol. The summed E-state index contributed by atoms with van der Waals surface area (Å²) in [6, 6.07) is 8.14. The lowest BCUT2D eigenvalue weighted by molar-refractivity contribution is -0.0523. The maximum Gasteiger partial charge on any atom is 0.253 e. The zero-order valence-electron chi connectivity index (χ0n) is 14.2. The number of fused-ring (bicyclic) bond motifs is 3. The van der Waals surface area contributed by atoms with E-state index in [0.29, 0.717) is 12.5 Å². The zero-order valence-corrected chi connectivity index (χ0v) is 14.9. The second-order valence-electron chi connectivity index (χ2n) is 7.86. The van der Waals surface area contributed by atoms with Crippen LogP contribution in [0.3, 0.4) is 0 Å². The molecule has 0 spiro atoms. The zero-order chi connectivity index (χ0) is 17.0. The molecule has 2 aromatic rings. The van der Waals surface area contributed by atoms with Crippen LogP contribution in [0.4, 0.5) is 0 Å². The van der Waals surface area contributed by atoms with Gasteiger partial charge in [-0.05, 0) is 43.1 Å². The van der Waals surface area contributed by atoms with Gasteiger partial charge in [-0.25, -0.2) is 0 Å². The molecule has 1 saturated heterocycles. The first-order valence-corrected chi connectivity index (χ1v) is 9.78. The third kappa shape index (κ3) is 2.58. The predicted octanol–water partition coefficient (Wildman–Crippen LogP) is 3.94. The van der Waals surface area contributed by atoms with Gasteiger partial charge in [-0.2, -0.15) is 0 Å². The molecule has 3 unspecified atom stereocenters. The van der Waals surface area contributed by atoms with Gasteiger partial charge in [0.15, 0.2) is 5.56 Å². The van der Waals surface area contributed by atoms with Crippen molar-refractivity contribution >= 4 is 28.4 Å². The largest absolute Gasteiger partial charge is 0.358 e. The number of nitrogens with one attached hydrogen (secondary N) is 1. The lowest BCUT2D eigenvalue weighted by atomic mass is 9.89. The number of ether oxygens (including phenoxy) is 1. The smallest absolute Gasteiger partial charge is 0.253 e. The highest BCUT2D eigenvalue weighted by Gasteiger charge is 2.39. The Morgan fingerprint density at radius 2 is 2.16 bits per heavy atom. The topological polar surface area (TPSA) is 43.3 Å². The third-order valence-electron chi connectivity index (χ3n) is 6.48. The summed E-state index contributed by atoms with van der Waals surface area (Å²) in [5.74, 6) is 2.44. The first kappa shape index (κ1) is 15.7. The van der Waals surface area contributed by atoms with Crippen molar-refractivity contribution in [1.82, 2.24) is 9.88 Å². The number of amides is 1. The molecule has 1 aliphatic heterocycles. The number of halogens is 1. The van der Waals surface area contributed by atoms with Crippen LogP contribution in [0.15, 0.2) is 30.5 Å². The van der Waals surface area contributed by atoms with Crippen molar-refractivity contribution < 1.29 is 9.53 Å². The van der Waals surface area contributed by atoms with Crippen LogP contribution in [0.2, 0.25) is 0 Å². The van der Waals surface area contributed by atoms with E-state index in [1.165, 1.54) is 25.7 Å². The van der Waals surface area contributed by atoms with Crippen LogP contribution < -0.4 is 5.32 Å². The number of hydrogen-bond donors (Lipinski definition) is 1. The van der Waals surface area contributed by atoms with Crippen LogP contribution in [0.25, 0.3) is 10.9 Å². The fraction of sp³-hybridized carbons (Fsp3) is 0.550. The summed E-state index contributed by atoms with van der Waals surface area (Å²) < 4.78 is 7.40. The molecule has 0 radical (unpaired) electrons. The molecule has 2 bridgehead atoms. The van der Waals surface area contributed by atoms with Gasteiger partial charge in [0.1, 0.15) is 0 Å². The Morgan fingerprint density at radius 3 is 2.84 bits per heavy atom. The molecule has 1 N–H and O–H groups in total. The monoisotopic (exact) mass is 358 g/mol. The number of rotatable bonds is 4. The highest BCUT2D eigenvalue weighted by atomic mass is 35.5. The minimum Gasteiger partial charge on any atom is -0.358 e. The van der Waals surface area contributed by atoms with E-state index < -0.39 is 0 Å². The summed E-state index contributed by atoms with van der Waals surface area (Å²) in [5, 5.41) is 4.19. The van der Waals surface area contributed by atoms with Gasteiger partial charge in [-0.3, -0.25) is 4.79 Å². The lowest BCUT2D eigenvalue weighted by Gasteiger charge is -2.33. The number of hydrogen-bond acceptors (Lipinski definition) is 2. The molecule has 25 heavy (non-hydrogen) atoms. The van der Waals surface area contributed by atoms with Gasteiger partial charge in [-0.1, -0.05) is 36.2 Å². The van der Waals surface area contributed by atoms with Gasteiger partial charge in [-0.15, -0.1) is 0 Å². The Labute approximate surface area is 152 Å². The fourth-order valence-corrected chi connectivity index (χ4v) is 5.33. The highest BCUT2D eigenvalue weighted by Crippen LogP contribution is 2.48. The van der Waals surface area contributed by atoms with E-state index in [-0.39, 0.29) is 17.5 Å². The Hall–Kier alpha value is -1.52. The van der Waals surface area contributed by atoms with E-state index >= 15 is 0 Å². The summed E-state index contributed by atoms with van der Waals surface area (Å²) in [7, 11) is 0. The van der Waals surface area contributed by atoms with E-state index in [1.54, 1.807) is 0 Å². The molecule has 2 saturated carbocycles. The molecule has 4 nitrogen and oxygen atoms in total. The van der Waals surface area contributed by atoms with Crippen LogP contribution in [0.1, 0.15) is 42.1 Å². The van der Waals surface area contributed by atoms with Gasteiger partial charge in [0.2, 0.25) is 0 Å². The van der Waals surface area contributed by atoms with Crippen LogP contribution in [-0.4, -0.2) is 29.2 Å². The Morgan fingerprint density at radius 1 is 1.28 bits per heavy atom. The maximum absolute atomic E-state index is 12.9. The first-order chi connectivity index (χ1) is 12.2. The number of aromatic nitrogens is 1.